The van der Waals surface area contributed by atoms with Crippen LogP contribution < -0.4 is 0 Å². The predicted molar refractivity (Wildman–Crippen MR) is 55.5 cm³/mol. The van der Waals surface area contributed by atoms with Gasteiger partial charge in [0.2, 0.25) is 0 Å². The van der Waals surface area contributed by atoms with Crippen LogP contribution in [0.3, 0.4) is 0 Å². The molecule has 0 N–H and O–H groups in total. The largest absolute Gasteiger partial charge is 0.465 e. The summed E-state index contributed by atoms with van der Waals surface area (Å²) in [5.41, 5.74) is -1.82. The van der Waals surface area contributed by atoms with Gasteiger partial charge in [-0.3, -0.25) is 0 Å². The second-order valence-electron chi connectivity index (χ2n) is 2.77. The van der Waals surface area contributed by atoms with Crippen molar-refractivity contribution in [2.45, 2.75) is 6.18 Å². The Balaban J connectivity index is 3.56. The van der Waals surface area contributed by atoms with Crippen LogP contribution in [-0.2, 0) is 10.9 Å². The molecule has 0 aliphatic heterocycles. The van der Waals surface area contributed by atoms with Crippen molar-refractivity contribution < 1.29 is 22.7 Å². The van der Waals surface area contributed by atoms with Crippen molar-refractivity contribution in [3.63, 3.8) is 0 Å². The molecule has 1 aromatic carbocycles. The van der Waals surface area contributed by atoms with Crippen LogP contribution >= 0.6 is 27.5 Å². The van der Waals surface area contributed by atoms with Crippen LogP contribution in [0.15, 0.2) is 16.6 Å². The minimum atomic E-state index is -4.69. The lowest BCUT2D eigenvalue weighted by atomic mass is 10.1. The van der Waals surface area contributed by atoms with Gasteiger partial charge in [0, 0.05) is 4.47 Å². The van der Waals surface area contributed by atoms with Gasteiger partial charge in [0.05, 0.1) is 23.3 Å². The molecule has 1 rings (SSSR count). The third-order valence-electron chi connectivity index (χ3n) is 1.78. The highest BCUT2D eigenvalue weighted by molar-refractivity contribution is 9.10. The van der Waals surface area contributed by atoms with E-state index in [0.717, 1.165) is 13.2 Å². The second-order valence-corrected chi connectivity index (χ2v) is 4.03. The number of esters is 1. The summed E-state index contributed by atoms with van der Waals surface area (Å²) < 4.78 is 42.1. The number of carbonyl (C=O) groups is 1. The number of rotatable bonds is 1. The Morgan fingerprint density at radius 2 is 2.00 bits per heavy atom. The molecule has 0 bridgehead atoms. The van der Waals surface area contributed by atoms with Gasteiger partial charge in [0.25, 0.3) is 0 Å². The molecule has 1 aromatic rings. The van der Waals surface area contributed by atoms with Gasteiger partial charge in [0.1, 0.15) is 0 Å². The van der Waals surface area contributed by atoms with E-state index in [1.807, 2.05) is 0 Å². The zero-order valence-electron chi connectivity index (χ0n) is 7.86. The Hall–Kier alpha value is -0.750. The maximum Gasteiger partial charge on any atom is 0.418 e. The number of halogens is 5. The molecule has 0 spiro atoms. The molecule has 0 unspecified atom stereocenters. The number of hydrogen-bond donors (Lipinski definition) is 0. The third-order valence-corrected chi connectivity index (χ3v) is 2.75. The number of benzene rings is 1. The smallest absolute Gasteiger partial charge is 0.418 e. The first kappa shape index (κ1) is 13.3. The van der Waals surface area contributed by atoms with Gasteiger partial charge in [-0.25, -0.2) is 4.79 Å². The summed E-state index contributed by atoms with van der Waals surface area (Å²) in [6.07, 6.45) is -4.69. The first-order valence-electron chi connectivity index (χ1n) is 3.92. The molecular weight excluding hydrogens is 312 g/mol. The minimum absolute atomic E-state index is 0.259. The summed E-state index contributed by atoms with van der Waals surface area (Å²) in [5, 5.41) is -0.303. The van der Waals surface area contributed by atoms with E-state index < -0.39 is 23.3 Å². The van der Waals surface area contributed by atoms with Gasteiger partial charge in [-0.05, 0) is 12.1 Å². The molecular formula is C9H5BrClF3O2. The van der Waals surface area contributed by atoms with Crippen LogP contribution in [0, 0.1) is 0 Å². The third kappa shape index (κ3) is 2.49. The zero-order chi connectivity index (χ0) is 12.5. The number of hydrogen-bond acceptors (Lipinski definition) is 2. The van der Waals surface area contributed by atoms with E-state index in [0.29, 0.717) is 0 Å². The lowest BCUT2D eigenvalue weighted by Gasteiger charge is -2.14. The molecule has 0 heterocycles. The molecule has 0 aliphatic rings. The SMILES string of the molecule is COC(=O)c1c(Cl)ccc(Br)c1C(F)(F)F. The maximum absolute atomic E-state index is 12.7. The van der Waals surface area contributed by atoms with Gasteiger partial charge in [-0.2, -0.15) is 13.2 Å². The normalized spacial score (nSPS) is 11.4. The highest BCUT2D eigenvalue weighted by Gasteiger charge is 2.39. The predicted octanol–water partition coefficient (Wildman–Crippen LogP) is 3.91. The molecule has 2 nitrogen and oxygen atoms in total. The van der Waals surface area contributed by atoms with E-state index in [4.69, 9.17) is 11.6 Å². The first-order chi connectivity index (χ1) is 7.29. The Morgan fingerprint density at radius 3 is 2.44 bits per heavy atom. The fourth-order valence-electron chi connectivity index (χ4n) is 1.13. The van der Waals surface area contributed by atoms with E-state index in [9.17, 15) is 18.0 Å². The van der Waals surface area contributed by atoms with Gasteiger partial charge in [0.15, 0.2) is 0 Å². The number of methoxy groups -OCH3 is 1. The second kappa shape index (κ2) is 4.63. The molecule has 0 atom stereocenters. The fraction of sp³-hybridized carbons (Fsp3) is 0.222. The molecule has 0 saturated heterocycles. The summed E-state index contributed by atoms with van der Waals surface area (Å²) in [7, 11) is 0.986. The zero-order valence-corrected chi connectivity index (χ0v) is 10.2. The molecule has 0 aliphatic carbocycles. The Kier molecular flexibility index (Phi) is 3.85. The first-order valence-corrected chi connectivity index (χ1v) is 5.09. The molecule has 88 valence electrons. The Labute approximate surface area is 102 Å². The van der Waals surface area contributed by atoms with Crippen molar-refractivity contribution in [1.82, 2.24) is 0 Å². The molecule has 16 heavy (non-hydrogen) atoms. The van der Waals surface area contributed by atoms with Crippen molar-refractivity contribution in [2.75, 3.05) is 7.11 Å². The van der Waals surface area contributed by atoms with Gasteiger partial charge in [-0.1, -0.05) is 27.5 Å². The minimum Gasteiger partial charge on any atom is -0.465 e. The van der Waals surface area contributed by atoms with Gasteiger partial charge in [-0.15, -0.1) is 0 Å². The molecule has 0 aromatic heterocycles. The number of alkyl halides is 3. The van der Waals surface area contributed by atoms with E-state index in [1.54, 1.807) is 0 Å². The van der Waals surface area contributed by atoms with Crippen molar-refractivity contribution in [2.24, 2.45) is 0 Å². The fourth-order valence-corrected chi connectivity index (χ4v) is 1.92. The summed E-state index contributed by atoms with van der Waals surface area (Å²) in [6.45, 7) is 0. The van der Waals surface area contributed by atoms with Crippen LogP contribution in [0.2, 0.25) is 5.02 Å². The summed E-state index contributed by atoms with van der Waals surface area (Å²) in [6, 6.07) is 2.31. The van der Waals surface area contributed by atoms with Crippen molar-refractivity contribution in [3.05, 3.63) is 32.8 Å². The Morgan fingerprint density at radius 1 is 1.44 bits per heavy atom. The number of ether oxygens (including phenoxy) is 1. The average Bonchev–Trinajstić information content (AvgIpc) is 2.18. The van der Waals surface area contributed by atoms with Crippen LogP contribution in [0.1, 0.15) is 15.9 Å². The highest BCUT2D eigenvalue weighted by atomic mass is 79.9. The summed E-state index contributed by atoms with van der Waals surface area (Å²) >= 11 is 8.29. The van der Waals surface area contributed by atoms with Crippen LogP contribution in [0.4, 0.5) is 13.2 Å². The molecule has 7 heteroatoms. The van der Waals surface area contributed by atoms with E-state index in [1.165, 1.54) is 6.07 Å². The van der Waals surface area contributed by atoms with Gasteiger partial charge >= 0.3 is 12.1 Å². The molecule has 0 amide bonds. The maximum atomic E-state index is 12.7. The summed E-state index contributed by atoms with van der Waals surface area (Å²) in [5.74, 6) is -1.13. The van der Waals surface area contributed by atoms with Crippen molar-refractivity contribution in [3.8, 4) is 0 Å². The van der Waals surface area contributed by atoms with Crippen molar-refractivity contribution >= 4 is 33.5 Å². The van der Waals surface area contributed by atoms with Crippen LogP contribution in [-0.4, -0.2) is 13.1 Å². The average molecular weight is 317 g/mol. The van der Waals surface area contributed by atoms with Crippen LogP contribution in [0.5, 0.6) is 0 Å². The van der Waals surface area contributed by atoms with E-state index >= 15 is 0 Å². The topological polar surface area (TPSA) is 26.3 Å². The van der Waals surface area contributed by atoms with Gasteiger partial charge < -0.3 is 4.74 Å². The molecule has 0 fully saturated rings. The lowest BCUT2D eigenvalue weighted by molar-refractivity contribution is -0.138. The van der Waals surface area contributed by atoms with E-state index in [2.05, 4.69) is 20.7 Å². The quantitative estimate of drug-likeness (QED) is 0.734. The monoisotopic (exact) mass is 316 g/mol. The molecule has 0 radical (unpaired) electrons. The Bertz CT molecular complexity index is 431. The van der Waals surface area contributed by atoms with E-state index in [-0.39, 0.29) is 9.50 Å². The lowest BCUT2D eigenvalue weighted by Crippen LogP contribution is -2.15. The standard InChI is InChI=1S/C9H5BrClF3O2/c1-16-8(15)6-5(11)3-2-4(10)7(6)9(12,13)14/h2-3H,1H3. The van der Waals surface area contributed by atoms with Crippen molar-refractivity contribution in [1.29, 1.82) is 0 Å². The highest BCUT2D eigenvalue weighted by Crippen LogP contribution is 2.40. The van der Waals surface area contributed by atoms with Crippen LogP contribution in [0.25, 0.3) is 0 Å². The number of carbonyl (C=O) groups excluding carboxylic acids is 1. The summed E-state index contributed by atoms with van der Waals surface area (Å²) in [4.78, 5) is 11.2. The molecule has 0 saturated carbocycles.